The predicted molar refractivity (Wildman–Crippen MR) is 82.9 cm³/mol. The highest BCUT2D eigenvalue weighted by molar-refractivity contribution is 5.97. The van der Waals surface area contributed by atoms with E-state index in [9.17, 15) is 14.9 Å². The zero-order valence-electron chi connectivity index (χ0n) is 12.7. The molecule has 6 heteroatoms. The van der Waals surface area contributed by atoms with E-state index in [-0.39, 0.29) is 11.5 Å². The predicted octanol–water partition coefficient (Wildman–Crippen LogP) is 1.46. The van der Waals surface area contributed by atoms with E-state index in [4.69, 9.17) is 4.74 Å². The fourth-order valence-corrected chi connectivity index (χ4v) is 2.40. The lowest BCUT2D eigenvalue weighted by Gasteiger charge is -2.19. The molecule has 22 heavy (non-hydrogen) atoms. The lowest BCUT2D eigenvalue weighted by Crippen LogP contribution is -3.09. The molecule has 0 aliphatic carbocycles. The highest BCUT2D eigenvalue weighted by atomic mass is 16.6. The molecule has 0 aromatic heterocycles. The molecule has 0 unspecified atom stereocenters. The van der Waals surface area contributed by atoms with Gasteiger partial charge in [-0.2, -0.15) is 0 Å². The number of rotatable bonds is 6. The van der Waals surface area contributed by atoms with E-state index in [2.05, 4.69) is 0 Å². The third-order valence-electron chi connectivity index (χ3n) is 3.66. The van der Waals surface area contributed by atoms with E-state index < -0.39 is 4.92 Å². The van der Waals surface area contributed by atoms with Crippen molar-refractivity contribution in [3.8, 4) is 0 Å². The van der Waals surface area contributed by atoms with Gasteiger partial charge in [0.25, 0.3) is 5.69 Å². The molecule has 0 spiro atoms. The molecule has 1 fully saturated rings. The Hall–Kier alpha value is -2.05. The number of nitrogens with zero attached hydrogens (tertiary/aromatic N) is 1. The smallest absolute Gasteiger partial charge is 0.277 e. The second kappa shape index (κ2) is 7.82. The van der Waals surface area contributed by atoms with E-state index >= 15 is 0 Å². The first-order valence-electron chi connectivity index (χ1n) is 7.54. The van der Waals surface area contributed by atoms with Gasteiger partial charge in [-0.25, -0.2) is 0 Å². The maximum atomic E-state index is 11.9. The van der Waals surface area contributed by atoms with Gasteiger partial charge < -0.3 is 9.64 Å². The number of benzene rings is 1. The third-order valence-corrected chi connectivity index (χ3v) is 3.66. The highest BCUT2D eigenvalue weighted by Gasteiger charge is 2.17. The summed E-state index contributed by atoms with van der Waals surface area (Å²) in [6.07, 6.45) is 4.82. The zero-order chi connectivity index (χ0) is 15.9. The number of nitrogens with one attached hydrogen (secondary N) is 1. The molecule has 6 nitrogen and oxygen atoms in total. The van der Waals surface area contributed by atoms with Crippen molar-refractivity contribution >= 4 is 17.5 Å². The van der Waals surface area contributed by atoms with Gasteiger partial charge in [-0.05, 0) is 12.5 Å². The standard InChI is InChI=1S/C16H20N2O4/c1-2-3-16(19)14-5-4-13(15(12-14)18(20)21)6-7-17-8-10-22-11-9-17/h4-7,12H,2-3,8-11H2,1H3/p+1/b7-6+. The Labute approximate surface area is 129 Å². The largest absolute Gasteiger partial charge is 0.370 e. The Morgan fingerprint density at radius 2 is 2.14 bits per heavy atom. The average Bonchev–Trinajstić information content (AvgIpc) is 2.54. The van der Waals surface area contributed by atoms with E-state index in [1.165, 1.54) is 11.0 Å². The molecule has 0 bridgehead atoms. The maximum absolute atomic E-state index is 11.9. The molecule has 1 aromatic carbocycles. The number of morpholine rings is 1. The number of ketones is 1. The van der Waals surface area contributed by atoms with Crippen LogP contribution in [0, 0.1) is 10.1 Å². The first kappa shape index (κ1) is 16.3. The van der Waals surface area contributed by atoms with Crippen molar-refractivity contribution in [3.63, 3.8) is 0 Å². The third kappa shape index (κ3) is 4.22. The summed E-state index contributed by atoms with van der Waals surface area (Å²) in [5, 5.41) is 11.2. The summed E-state index contributed by atoms with van der Waals surface area (Å²) in [7, 11) is 0. The molecule has 118 valence electrons. The van der Waals surface area contributed by atoms with Crippen LogP contribution >= 0.6 is 0 Å². The van der Waals surface area contributed by atoms with Gasteiger partial charge in [-0.15, -0.1) is 0 Å². The van der Waals surface area contributed by atoms with Gasteiger partial charge in [0.05, 0.1) is 29.9 Å². The monoisotopic (exact) mass is 305 g/mol. The summed E-state index contributed by atoms with van der Waals surface area (Å²) in [5.74, 6) is -0.0556. The van der Waals surface area contributed by atoms with Crippen LogP contribution in [-0.4, -0.2) is 37.0 Å². The molecule has 1 heterocycles. The Balaban J connectivity index is 2.21. The van der Waals surface area contributed by atoms with Gasteiger partial charge >= 0.3 is 0 Å². The topological polar surface area (TPSA) is 73.9 Å². The van der Waals surface area contributed by atoms with Crippen LogP contribution < -0.4 is 4.90 Å². The number of hydrogen-bond acceptors (Lipinski definition) is 4. The normalized spacial score (nSPS) is 16.0. The van der Waals surface area contributed by atoms with Crippen LogP contribution in [0.15, 0.2) is 24.4 Å². The van der Waals surface area contributed by atoms with Crippen molar-refractivity contribution < 1.29 is 19.4 Å². The summed E-state index contributed by atoms with van der Waals surface area (Å²) in [6, 6.07) is 4.70. The SMILES string of the molecule is CCCC(=O)c1ccc(/C=C/[NH+]2CCOCC2)c([N+](=O)[O-])c1. The number of quaternary nitrogens is 1. The van der Waals surface area contributed by atoms with Crippen LogP contribution in [0.1, 0.15) is 35.7 Å². The average molecular weight is 305 g/mol. The Morgan fingerprint density at radius 3 is 2.77 bits per heavy atom. The molecule has 1 N–H and O–H groups in total. The zero-order valence-corrected chi connectivity index (χ0v) is 12.7. The van der Waals surface area contributed by atoms with Crippen molar-refractivity contribution in [2.75, 3.05) is 26.3 Å². The van der Waals surface area contributed by atoms with E-state index in [0.717, 1.165) is 19.5 Å². The first-order valence-corrected chi connectivity index (χ1v) is 7.54. The van der Waals surface area contributed by atoms with Crippen LogP contribution in [0.25, 0.3) is 6.08 Å². The van der Waals surface area contributed by atoms with Gasteiger partial charge in [0.2, 0.25) is 0 Å². The molecular weight excluding hydrogens is 284 g/mol. The van der Waals surface area contributed by atoms with Gasteiger partial charge in [-0.1, -0.05) is 13.0 Å². The minimum Gasteiger partial charge on any atom is -0.370 e. The summed E-state index contributed by atoms with van der Waals surface area (Å²) < 4.78 is 5.28. The van der Waals surface area contributed by atoms with Gasteiger partial charge in [-0.3, -0.25) is 14.9 Å². The minimum absolute atomic E-state index is 0.0223. The molecule has 1 aliphatic rings. The Kier molecular flexibility index (Phi) is 5.80. The van der Waals surface area contributed by atoms with Crippen molar-refractivity contribution in [3.05, 3.63) is 45.6 Å². The van der Waals surface area contributed by atoms with Crippen LogP contribution in [0.5, 0.6) is 0 Å². The van der Waals surface area contributed by atoms with Crippen molar-refractivity contribution in [1.82, 2.24) is 0 Å². The molecule has 0 atom stereocenters. The van der Waals surface area contributed by atoms with Crippen LogP contribution in [-0.2, 0) is 4.74 Å². The van der Waals surface area contributed by atoms with Crippen molar-refractivity contribution in [2.45, 2.75) is 19.8 Å². The minimum atomic E-state index is -0.433. The molecule has 1 aliphatic heterocycles. The van der Waals surface area contributed by atoms with Gasteiger partial charge in [0, 0.05) is 24.1 Å². The molecular formula is C16H21N2O4+. The van der Waals surface area contributed by atoms with Crippen molar-refractivity contribution in [1.29, 1.82) is 0 Å². The molecule has 2 rings (SSSR count). The number of Topliss-reactive ketones (excluding diaryl/α,β-unsaturated/α-hetero) is 1. The molecule has 0 radical (unpaired) electrons. The van der Waals surface area contributed by atoms with Gasteiger partial charge in [0.1, 0.15) is 13.1 Å². The van der Waals surface area contributed by atoms with Crippen molar-refractivity contribution in [2.24, 2.45) is 0 Å². The molecule has 0 amide bonds. The second-order valence-corrected chi connectivity index (χ2v) is 5.31. The van der Waals surface area contributed by atoms with E-state index in [1.807, 2.05) is 13.1 Å². The summed E-state index contributed by atoms with van der Waals surface area (Å²) >= 11 is 0. The number of nitro benzene ring substituents is 1. The molecule has 0 saturated carbocycles. The van der Waals surface area contributed by atoms with Crippen LogP contribution in [0.3, 0.4) is 0 Å². The second-order valence-electron chi connectivity index (χ2n) is 5.31. The Bertz CT molecular complexity index is 578. The quantitative estimate of drug-likeness (QED) is 0.490. The Morgan fingerprint density at radius 1 is 1.41 bits per heavy atom. The number of carbonyl (C=O) groups excluding carboxylic acids is 1. The molecule has 1 aromatic rings. The number of hydrogen-bond donors (Lipinski definition) is 1. The molecule has 1 saturated heterocycles. The highest BCUT2D eigenvalue weighted by Crippen LogP contribution is 2.22. The summed E-state index contributed by atoms with van der Waals surface area (Å²) in [6.45, 7) is 5.03. The summed E-state index contributed by atoms with van der Waals surface area (Å²) in [4.78, 5) is 23.9. The van der Waals surface area contributed by atoms with E-state index in [1.54, 1.807) is 18.2 Å². The van der Waals surface area contributed by atoms with Crippen LogP contribution in [0.2, 0.25) is 0 Å². The van der Waals surface area contributed by atoms with E-state index in [0.29, 0.717) is 30.8 Å². The maximum Gasteiger partial charge on any atom is 0.277 e. The number of ether oxygens (including phenoxy) is 1. The lowest BCUT2D eigenvalue weighted by atomic mass is 10.0. The number of nitro groups is 1. The summed E-state index contributed by atoms with van der Waals surface area (Å²) in [5.41, 5.74) is 0.910. The lowest BCUT2D eigenvalue weighted by molar-refractivity contribution is -0.855. The van der Waals surface area contributed by atoms with Crippen LogP contribution in [0.4, 0.5) is 5.69 Å². The van der Waals surface area contributed by atoms with Gasteiger partial charge in [0.15, 0.2) is 5.78 Å². The fourth-order valence-electron chi connectivity index (χ4n) is 2.40. The number of carbonyl (C=O) groups is 1. The fraction of sp³-hybridized carbons (Fsp3) is 0.438. The first-order chi connectivity index (χ1) is 10.6.